The van der Waals surface area contributed by atoms with Crippen molar-refractivity contribution in [3.05, 3.63) is 83.9 Å². The van der Waals surface area contributed by atoms with Crippen molar-refractivity contribution in [3.63, 3.8) is 0 Å². The van der Waals surface area contributed by atoms with Crippen molar-refractivity contribution < 1.29 is 14.3 Å². The lowest BCUT2D eigenvalue weighted by Gasteiger charge is -2.22. The highest BCUT2D eigenvalue weighted by molar-refractivity contribution is 6.04. The van der Waals surface area contributed by atoms with Crippen LogP contribution in [0.5, 0.6) is 5.75 Å². The second kappa shape index (κ2) is 11.2. The minimum absolute atomic E-state index is 0.170. The Morgan fingerprint density at radius 1 is 0.912 bits per heavy atom. The molecular weight excluding hydrogens is 428 g/mol. The third-order valence-electron chi connectivity index (χ3n) is 5.68. The molecule has 7 nitrogen and oxygen atoms in total. The van der Waals surface area contributed by atoms with Crippen molar-refractivity contribution in [1.29, 1.82) is 0 Å². The van der Waals surface area contributed by atoms with E-state index < -0.39 is 6.03 Å². The molecule has 0 aliphatic carbocycles. The van der Waals surface area contributed by atoms with Crippen LogP contribution < -0.4 is 25.6 Å². The average Bonchev–Trinajstić information content (AvgIpc) is 3.39. The first-order chi connectivity index (χ1) is 16.6. The maximum absolute atomic E-state index is 13.2. The third kappa shape index (κ3) is 5.86. The first-order valence-electron chi connectivity index (χ1n) is 11.6. The van der Waals surface area contributed by atoms with E-state index >= 15 is 0 Å². The highest BCUT2D eigenvalue weighted by Gasteiger charge is 2.20. The van der Waals surface area contributed by atoms with E-state index in [4.69, 9.17) is 4.74 Å². The number of para-hydroxylation sites is 2. The predicted molar refractivity (Wildman–Crippen MR) is 136 cm³/mol. The minimum atomic E-state index is -0.406. The zero-order valence-corrected chi connectivity index (χ0v) is 19.3. The highest BCUT2D eigenvalue weighted by Crippen LogP contribution is 2.28. The van der Waals surface area contributed by atoms with E-state index in [9.17, 15) is 9.59 Å². The van der Waals surface area contributed by atoms with E-state index in [0.29, 0.717) is 35.8 Å². The topological polar surface area (TPSA) is 82.7 Å². The molecule has 0 spiro atoms. The van der Waals surface area contributed by atoms with Gasteiger partial charge in [0.25, 0.3) is 5.91 Å². The van der Waals surface area contributed by atoms with Crippen molar-refractivity contribution in [3.8, 4) is 5.75 Å². The Morgan fingerprint density at radius 2 is 1.65 bits per heavy atom. The molecule has 3 aromatic rings. The molecule has 0 bridgehead atoms. The highest BCUT2D eigenvalue weighted by atomic mass is 16.5. The number of benzene rings is 3. The Balaban J connectivity index is 1.50. The summed E-state index contributed by atoms with van der Waals surface area (Å²) in [7, 11) is 0. The molecule has 0 atom stereocenters. The molecule has 1 heterocycles. The SMILES string of the molecule is CCOc1ccccc1NC(=O)Nc1ccc(N2CCCC2)c(C(=O)NCc2ccccc2)c1. The normalized spacial score (nSPS) is 12.8. The molecule has 1 saturated heterocycles. The van der Waals surface area contributed by atoms with E-state index in [-0.39, 0.29) is 5.91 Å². The number of hydrogen-bond acceptors (Lipinski definition) is 4. The summed E-state index contributed by atoms with van der Waals surface area (Å²) in [6, 6.07) is 22.1. The number of nitrogens with one attached hydrogen (secondary N) is 3. The van der Waals surface area contributed by atoms with Crippen LogP contribution in [0.25, 0.3) is 0 Å². The summed E-state index contributed by atoms with van der Waals surface area (Å²) in [6.07, 6.45) is 2.21. The van der Waals surface area contributed by atoms with Gasteiger partial charge in [0, 0.05) is 31.0 Å². The minimum Gasteiger partial charge on any atom is -0.492 e. The maximum atomic E-state index is 13.2. The molecule has 7 heteroatoms. The second-order valence-electron chi connectivity index (χ2n) is 8.10. The fraction of sp³-hybridized carbons (Fsp3) is 0.259. The summed E-state index contributed by atoms with van der Waals surface area (Å²) in [4.78, 5) is 28.1. The van der Waals surface area contributed by atoms with Gasteiger partial charge < -0.3 is 25.6 Å². The van der Waals surface area contributed by atoms with Gasteiger partial charge in [-0.15, -0.1) is 0 Å². The van der Waals surface area contributed by atoms with Crippen LogP contribution in [0.2, 0.25) is 0 Å². The maximum Gasteiger partial charge on any atom is 0.323 e. The van der Waals surface area contributed by atoms with Gasteiger partial charge in [0.2, 0.25) is 0 Å². The van der Waals surface area contributed by atoms with Crippen LogP contribution in [0.4, 0.5) is 21.9 Å². The zero-order chi connectivity index (χ0) is 23.8. The molecule has 0 saturated carbocycles. The molecule has 176 valence electrons. The Morgan fingerprint density at radius 3 is 2.41 bits per heavy atom. The standard InChI is InChI=1S/C27H30N4O3/c1-2-34-25-13-7-6-12-23(25)30-27(33)29-21-14-15-24(31-16-8-9-17-31)22(18-21)26(32)28-19-20-10-4-3-5-11-20/h3-7,10-15,18H,2,8-9,16-17,19H2,1H3,(H,28,32)(H2,29,30,33). The number of rotatable bonds is 8. The van der Waals surface area contributed by atoms with E-state index in [2.05, 4.69) is 20.9 Å². The first kappa shape index (κ1) is 23.2. The van der Waals surface area contributed by atoms with E-state index in [1.807, 2.05) is 61.5 Å². The average molecular weight is 459 g/mol. The third-order valence-corrected chi connectivity index (χ3v) is 5.68. The number of carbonyl (C=O) groups excluding carboxylic acids is 2. The van der Waals surface area contributed by atoms with Crippen LogP contribution >= 0.6 is 0 Å². The Bertz CT molecular complexity index is 1130. The van der Waals surface area contributed by atoms with E-state index in [0.717, 1.165) is 37.2 Å². The van der Waals surface area contributed by atoms with Gasteiger partial charge in [-0.2, -0.15) is 0 Å². The fourth-order valence-electron chi connectivity index (χ4n) is 4.04. The second-order valence-corrected chi connectivity index (χ2v) is 8.10. The molecular formula is C27H30N4O3. The van der Waals surface area contributed by atoms with Gasteiger partial charge in [-0.05, 0) is 55.7 Å². The van der Waals surface area contributed by atoms with Crippen LogP contribution in [0.15, 0.2) is 72.8 Å². The number of urea groups is 1. The Labute approximate surface area is 200 Å². The van der Waals surface area contributed by atoms with E-state index in [1.54, 1.807) is 18.2 Å². The lowest BCUT2D eigenvalue weighted by molar-refractivity contribution is 0.0951. The van der Waals surface area contributed by atoms with Crippen molar-refractivity contribution >= 4 is 29.0 Å². The summed E-state index contributed by atoms with van der Waals surface area (Å²) < 4.78 is 5.57. The molecule has 34 heavy (non-hydrogen) atoms. The molecule has 1 aliphatic heterocycles. The first-order valence-corrected chi connectivity index (χ1v) is 11.6. The number of nitrogens with zero attached hydrogens (tertiary/aromatic N) is 1. The van der Waals surface area contributed by atoms with Gasteiger partial charge in [-0.25, -0.2) is 4.79 Å². The molecule has 0 aromatic heterocycles. The van der Waals surface area contributed by atoms with Crippen LogP contribution in [0, 0.1) is 0 Å². The number of ether oxygens (including phenoxy) is 1. The predicted octanol–water partition coefficient (Wildman–Crippen LogP) is 5.26. The van der Waals surface area contributed by atoms with Gasteiger partial charge in [0.05, 0.1) is 17.9 Å². The van der Waals surface area contributed by atoms with Crippen molar-refractivity contribution in [1.82, 2.24) is 5.32 Å². The van der Waals surface area contributed by atoms with Crippen molar-refractivity contribution in [2.45, 2.75) is 26.3 Å². The molecule has 0 radical (unpaired) electrons. The number of anilines is 3. The molecule has 1 aliphatic rings. The molecule has 1 fully saturated rings. The van der Waals surface area contributed by atoms with E-state index in [1.165, 1.54) is 0 Å². The lowest BCUT2D eigenvalue weighted by atomic mass is 10.1. The largest absolute Gasteiger partial charge is 0.492 e. The molecule has 3 N–H and O–H groups in total. The monoisotopic (exact) mass is 458 g/mol. The van der Waals surface area contributed by atoms with Gasteiger partial charge in [-0.3, -0.25) is 4.79 Å². The summed E-state index contributed by atoms with van der Waals surface area (Å²) in [6.45, 7) is 4.66. The van der Waals surface area contributed by atoms with Gasteiger partial charge in [0.1, 0.15) is 5.75 Å². The number of amides is 3. The summed E-state index contributed by atoms with van der Waals surface area (Å²) >= 11 is 0. The van der Waals surface area contributed by atoms with Gasteiger partial charge >= 0.3 is 6.03 Å². The number of carbonyl (C=O) groups is 2. The van der Waals surface area contributed by atoms with Crippen molar-refractivity contribution in [2.75, 3.05) is 35.2 Å². The fourth-order valence-corrected chi connectivity index (χ4v) is 4.04. The van der Waals surface area contributed by atoms with Crippen LogP contribution in [-0.4, -0.2) is 31.6 Å². The van der Waals surface area contributed by atoms with Gasteiger partial charge in [0.15, 0.2) is 0 Å². The Hall–Kier alpha value is -4.00. The number of hydrogen-bond donors (Lipinski definition) is 3. The zero-order valence-electron chi connectivity index (χ0n) is 19.3. The molecule has 3 aromatic carbocycles. The van der Waals surface area contributed by atoms with Gasteiger partial charge in [-0.1, -0.05) is 42.5 Å². The quantitative estimate of drug-likeness (QED) is 0.430. The Kier molecular flexibility index (Phi) is 7.65. The van der Waals surface area contributed by atoms with Crippen LogP contribution in [-0.2, 0) is 6.54 Å². The summed E-state index contributed by atoms with van der Waals surface area (Å²) in [5, 5.41) is 8.68. The molecule has 4 rings (SSSR count). The summed E-state index contributed by atoms with van der Waals surface area (Å²) in [5.74, 6) is 0.432. The molecule has 0 unspecified atom stereocenters. The van der Waals surface area contributed by atoms with Crippen molar-refractivity contribution in [2.24, 2.45) is 0 Å². The smallest absolute Gasteiger partial charge is 0.323 e. The molecule has 3 amide bonds. The van der Waals surface area contributed by atoms with Crippen LogP contribution in [0.1, 0.15) is 35.7 Å². The lowest BCUT2D eigenvalue weighted by Crippen LogP contribution is -2.27. The van der Waals surface area contributed by atoms with Crippen LogP contribution in [0.3, 0.4) is 0 Å². The summed E-state index contributed by atoms with van der Waals surface area (Å²) in [5.41, 5.74) is 3.58.